The number of aromatic amines is 1. The molecule has 1 amide bonds. The zero-order valence-electron chi connectivity index (χ0n) is 16.8. The molecule has 4 aromatic rings. The third-order valence-electron chi connectivity index (χ3n) is 4.49. The number of anilines is 1. The number of aryl methyl sites for hydroxylation is 1. The van der Waals surface area contributed by atoms with Crippen molar-refractivity contribution in [3.63, 3.8) is 0 Å². The maximum Gasteiger partial charge on any atom is 0.416 e. The smallest absolute Gasteiger partial charge is 0.321 e. The van der Waals surface area contributed by atoms with Crippen molar-refractivity contribution < 1.29 is 22.4 Å². The van der Waals surface area contributed by atoms with Gasteiger partial charge in [0.15, 0.2) is 5.82 Å². The summed E-state index contributed by atoms with van der Waals surface area (Å²) in [6.45, 7) is 1.59. The van der Waals surface area contributed by atoms with Crippen LogP contribution in [0.2, 0.25) is 0 Å². The molecule has 8 nitrogen and oxygen atoms in total. The van der Waals surface area contributed by atoms with Crippen LogP contribution in [-0.2, 0) is 6.18 Å². The number of hydrogen-bond acceptors (Lipinski definition) is 5. The Balaban J connectivity index is 1.71. The monoisotopic (exact) mass is 458 g/mol. The Labute approximate surface area is 182 Å². The number of benzene rings is 2. The summed E-state index contributed by atoms with van der Waals surface area (Å²) in [5, 5.41) is 12.6. The second kappa shape index (κ2) is 8.30. The number of aromatic nitrogens is 5. The first-order chi connectivity index (χ1) is 15.6. The number of carbonyl (C=O) groups excluding carboxylic acids is 1. The van der Waals surface area contributed by atoms with Crippen LogP contribution in [0.5, 0.6) is 0 Å². The fraction of sp³-hybridized carbons (Fsp3) is 0.0952. The number of nitrogens with zero attached hydrogens (tertiary/aromatic N) is 4. The Morgan fingerprint density at radius 1 is 1.09 bits per heavy atom. The molecule has 0 saturated carbocycles. The first-order valence-corrected chi connectivity index (χ1v) is 9.40. The Hall–Kier alpha value is -4.35. The first kappa shape index (κ1) is 21.9. The number of halogens is 4. The summed E-state index contributed by atoms with van der Waals surface area (Å²) in [5.74, 6) is -1.24. The van der Waals surface area contributed by atoms with Crippen LogP contribution in [0.15, 0.2) is 59.4 Å². The molecule has 2 N–H and O–H groups in total. The zero-order valence-corrected chi connectivity index (χ0v) is 16.8. The Morgan fingerprint density at radius 2 is 1.85 bits per heavy atom. The molecule has 0 unspecified atom stereocenters. The molecule has 0 fully saturated rings. The van der Waals surface area contributed by atoms with Gasteiger partial charge in [0.05, 0.1) is 5.56 Å². The minimum absolute atomic E-state index is 0.0142. The van der Waals surface area contributed by atoms with E-state index in [2.05, 4.69) is 25.6 Å². The lowest BCUT2D eigenvalue weighted by atomic mass is 10.1. The van der Waals surface area contributed by atoms with Gasteiger partial charge in [0.1, 0.15) is 23.0 Å². The second-order valence-electron chi connectivity index (χ2n) is 6.92. The predicted molar refractivity (Wildman–Crippen MR) is 109 cm³/mol. The highest BCUT2D eigenvalue weighted by molar-refractivity contribution is 6.03. The molecular weight excluding hydrogens is 444 g/mol. The predicted octanol–water partition coefficient (Wildman–Crippen LogP) is 3.74. The number of para-hydroxylation sites is 1. The van der Waals surface area contributed by atoms with Crippen LogP contribution in [-0.4, -0.2) is 30.9 Å². The molecule has 0 aliphatic carbocycles. The van der Waals surface area contributed by atoms with E-state index in [0.29, 0.717) is 10.5 Å². The van der Waals surface area contributed by atoms with Gasteiger partial charge < -0.3 is 5.32 Å². The average Bonchev–Trinajstić information content (AvgIpc) is 3.20. The quantitative estimate of drug-likeness (QED) is 0.454. The molecule has 0 aliphatic rings. The number of alkyl halides is 3. The van der Waals surface area contributed by atoms with E-state index in [1.54, 1.807) is 6.92 Å². The maximum atomic E-state index is 14.1. The zero-order chi connectivity index (χ0) is 23.8. The largest absolute Gasteiger partial charge is 0.416 e. The van der Waals surface area contributed by atoms with Crippen LogP contribution in [0, 0.1) is 12.7 Å². The summed E-state index contributed by atoms with van der Waals surface area (Å²) >= 11 is 0. The number of amides is 1. The third kappa shape index (κ3) is 4.63. The van der Waals surface area contributed by atoms with E-state index in [1.165, 1.54) is 24.3 Å². The summed E-state index contributed by atoms with van der Waals surface area (Å²) in [6, 6.07) is 10.3. The second-order valence-corrected chi connectivity index (χ2v) is 6.92. The van der Waals surface area contributed by atoms with Crippen molar-refractivity contribution in [2.75, 3.05) is 5.32 Å². The van der Waals surface area contributed by atoms with Gasteiger partial charge in [-0.15, -0.1) is 0 Å². The molecular formula is C21H14F4N6O2. The van der Waals surface area contributed by atoms with E-state index in [0.717, 1.165) is 30.3 Å². The Kier molecular flexibility index (Phi) is 5.50. The van der Waals surface area contributed by atoms with Crippen molar-refractivity contribution in [3.8, 4) is 17.1 Å². The van der Waals surface area contributed by atoms with Crippen molar-refractivity contribution in [2.24, 2.45) is 0 Å². The molecule has 2 heterocycles. The van der Waals surface area contributed by atoms with Crippen molar-refractivity contribution in [2.45, 2.75) is 13.1 Å². The lowest BCUT2D eigenvalue weighted by molar-refractivity contribution is -0.137. The Morgan fingerprint density at radius 3 is 2.52 bits per heavy atom. The average molecular weight is 458 g/mol. The highest BCUT2D eigenvalue weighted by Crippen LogP contribution is 2.34. The number of carbonyl (C=O) groups is 1. The molecule has 0 aliphatic heterocycles. The molecule has 0 bridgehead atoms. The third-order valence-corrected chi connectivity index (χ3v) is 4.49. The van der Waals surface area contributed by atoms with Crippen LogP contribution in [0.4, 0.5) is 23.2 Å². The summed E-state index contributed by atoms with van der Waals surface area (Å²) in [5.41, 5.74) is -2.39. The van der Waals surface area contributed by atoms with Crippen LogP contribution in [0.3, 0.4) is 0 Å². The summed E-state index contributed by atoms with van der Waals surface area (Å²) < 4.78 is 55.0. The van der Waals surface area contributed by atoms with Gasteiger partial charge in [0.25, 0.3) is 11.5 Å². The van der Waals surface area contributed by atoms with Gasteiger partial charge in [0, 0.05) is 17.3 Å². The molecule has 0 saturated heterocycles. The summed E-state index contributed by atoms with van der Waals surface area (Å²) in [6.07, 6.45) is -4.70. The van der Waals surface area contributed by atoms with Crippen LogP contribution < -0.4 is 10.9 Å². The number of rotatable bonds is 4. The summed E-state index contributed by atoms with van der Waals surface area (Å²) in [7, 11) is 0. The Bertz CT molecular complexity index is 1410. The lowest BCUT2D eigenvalue weighted by Crippen LogP contribution is -2.25. The molecule has 0 radical (unpaired) electrons. The van der Waals surface area contributed by atoms with E-state index in [-0.39, 0.29) is 28.5 Å². The van der Waals surface area contributed by atoms with E-state index < -0.39 is 29.0 Å². The van der Waals surface area contributed by atoms with Gasteiger partial charge in [0.2, 0.25) is 0 Å². The normalized spacial score (nSPS) is 11.4. The van der Waals surface area contributed by atoms with Gasteiger partial charge in [-0.3, -0.25) is 14.7 Å². The molecule has 33 heavy (non-hydrogen) atoms. The van der Waals surface area contributed by atoms with Crippen molar-refractivity contribution in [3.05, 3.63) is 87.9 Å². The number of H-pyrrole nitrogens is 1. The van der Waals surface area contributed by atoms with Crippen molar-refractivity contribution >= 4 is 11.6 Å². The standard InChI is InChI=1S/C21H14F4N6O2/c1-11-26-19(29-28-11)12-8-13(21(23,24)25)10-14(9-12)27-20(33)16-6-7-18(32)31(30-16)17-5-3-2-4-15(17)22/h2-10H,1H3,(H,27,33)(H,26,28,29). The molecule has 2 aromatic heterocycles. The molecule has 168 valence electrons. The van der Waals surface area contributed by atoms with Gasteiger partial charge in [-0.2, -0.15) is 28.1 Å². The maximum absolute atomic E-state index is 14.1. The minimum Gasteiger partial charge on any atom is -0.321 e. The molecule has 0 spiro atoms. The van der Waals surface area contributed by atoms with Gasteiger partial charge in [-0.25, -0.2) is 9.37 Å². The molecule has 0 atom stereocenters. The van der Waals surface area contributed by atoms with E-state index in [4.69, 9.17) is 0 Å². The topological polar surface area (TPSA) is 106 Å². The number of hydrogen-bond donors (Lipinski definition) is 2. The van der Waals surface area contributed by atoms with E-state index in [9.17, 15) is 27.2 Å². The highest BCUT2D eigenvalue weighted by Gasteiger charge is 2.32. The van der Waals surface area contributed by atoms with Gasteiger partial charge in [-0.05, 0) is 43.3 Å². The van der Waals surface area contributed by atoms with Crippen molar-refractivity contribution in [1.29, 1.82) is 0 Å². The molecule has 12 heteroatoms. The van der Waals surface area contributed by atoms with Crippen LogP contribution in [0.1, 0.15) is 21.9 Å². The van der Waals surface area contributed by atoms with Crippen LogP contribution in [0.25, 0.3) is 17.1 Å². The SMILES string of the molecule is Cc1nc(-c2cc(NC(=O)c3ccc(=O)n(-c4ccccc4F)n3)cc(C(F)(F)F)c2)n[nH]1. The van der Waals surface area contributed by atoms with E-state index >= 15 is 0 Å². The van der Waals surface area contributed by atoms with Crippen molar-refractivity contribution in [1.82, 2.24) is 25.0 Å². The lowest BCUT2D eigenvalue weighted by Gasteiger charge is -2.12. The van der Waals surface area contributed by atoms with Gasteiger partial charge >= 0.3 is 6.18 Å². The van der Waals surface area contributed by atoms with Crippen LogP contribution >= 0.6 is 0 Å². The fourth-order valence-electron chi connectivity index (χ4n) is 2.99. The minimum atomic E-state index is -4.70. The van der Waals surface area contributed by atoms with E-state index in [1.807, 2.05) is 0 Å². The summed E-state index contributed by atoms with van der Waals surface area (Å²) in [4.78, 5) is 28.8. The molecule has 4 rings (SSSR count). The number of nitrogens with one attached hydrogen (secondary N) is 2. The van der Waals surface area contributed by atoms with Gasteiger partial charge in [-0.1, -0.05) is 12.1 Å². The highest BCUT2D eigenvalue weighted by atomic mass is 19.4. The molecule has 2 aromatic carbocycles. The fourth-order valence-corrected chi connectivity index (χ4v) is 2.99. The first-order valence-electron chi connectivity index (χ1n) is 9.40.